The van der Waals surface area contributed by atoms with Crippen molar-refractivity contribution in [3.63, 3.8) is 0 Å². The monoisotopic (exact) mass is 674 g/mol. The van der Waals surface area contributed by atoms with E-state index in [1.165, 1.54) is 60.1 Å². The molecule has 3 heteroatoms. The SMILES string of the molecule is c1ccc(-n2c3ccccc3c3ccc(N(c4cccc5c4-c4cccc6cc7ccccc7c-5c46)c4cccc5oc6ccccc6c45)cc32)cc1. The summed E-state index contributed by atoms with van der Waals surface area (Å²) in [6.45, 7) is 0. The van der Waals surface area contributed by atoms with Gasteiger partial charge in [0.1, 0.15) is 11.2 Å². The molecular formula is C50H30N2O. The van der Waals surface area contributed by atoms with Gasteiger partial charge in [0.2, 0.25) is 0 Å². The lowest BCUT2D eigenvalue weighted by Gasteiger charge is -2.29. The minimum atomic E-state index is 0.872. The molecule has 0 atom stereocenters. The highest BCUT2D eigenvalue weighted by atomic mass is 16.3. The summed E-state index contributed by atoms with van der Waals surface area (Å²) >= 11 is 0. The van der Waals surface area contributed by atoms with Gasteiger partial charge in [0.05, 0.1) is 27.8 Å². The van der Waals surface area contributed by atoms with Crippen molar-refractivity contribution in [1.29, 1.82) is 0 Å². The van der Waals surface area contributed by atoms with Gasteiger partial charge >= 0.3 is 0 Å². The number of furan rings is 1. The fourth-order valence-corrected chi connectivity index (χ4v) is 9.13. The minimum absolute atomic E-state index is 0.872. The zero-order valence-electron chi connectivity index (χ0n) is 28.6. The first-order valence-electron chi connectivity index (χ1n) is 18.2. The Bertz CT molecular complexity index is 3290. The van der Waals surface area contributed by atoms with Crippen molar-refractivity contribution in [3.8, 4) is 27.9 Å². The van der Waals surface area contributed by atoms with Crippen LogP contribution in [-0.2, 0) is 0 Å². The van der Waals surface area contributed by atoms with Crippen LogP contribution in [0.15, 0.2) is 186 Å². The zero-order valence-corrected chi connectivity index (χ0v) is 28.6. The highest BCUT2D eigenvalue weighted by Gasteiger charge is 2.30. The number of hydrogen-bond acceptors (Lipinski definition) is 2. The first-order valence-corrected chi connectivity index (χ1v) is 18.2. The van der Waals surface area contributed by atoms with Gasteiger partial charge < -0.3 is 13.9 Å². The Morgan fingerprint density at radius 3 is 2.00 bits per heavy atom. The van der Waals surface area contributed by atoms with E-state index in [2.05, 4.69) is 185 Å². The zero-order chi connectivity index (χ0) is 34.6. The maximum absolute atomic E-state index is 6.51. The number of fused-ring (bicyclic) bond motifs is 11. The molecule has 0 aliphatic heterocycles. The van der Waals surface area contributed by atoms with Crippen molar-refractivity contribution in [2.24, 2.45) is 0 Å². The molecule has 0 spiro atoms. The number of anilines is 3. The van der Waals surface area contributed by atoms with Crippen LogP contribution in [0.5, 0.6) is 0 Å². The molecule has 0 fully saturated rings. The molecule has 2 aromatic heterocycles. The van der Waals surface area contributed by atoms with Crippen molar-refractivity contribution in [3.05, 3.63) is 182 Å². The van der Waals surface area contributed by atoms with Crippen molar-refractivity contribution in [1.82, 2.24) is 4.57 Å². The third-order valence-corrected chi connectivity index (χ3v) is 11.3. The summed E-state index contributed by atoms with van der Waals surface area (Å²) in [7, 11) is 0. The van der Waals surface area contributed by atoms with E-state index in [0.717, 1.165) is 50.2 Å². The molecule has 1 aliphatic carbocycles. The fourth-order valence-electron chi connectivity index (χ4n) is 9.13. The van der Waals surface area contributed by atoms with E-state index >= 15 is 0 Å². The van der Waals surface area contributed by atoms with Crippen LogP contribution >= 0.6 is 0 Å². The van der Waals surface area contributed by atoms with Crippen molar-refractivity contribution >= 4 is 82.4 Å². The maximum Gasteiger partial charge on any atom is 0.137 e. The standard InChI is InChI=1S/C50H30N2O/c1-2-15-33(16-3-1)51-41-22-8-6-18-36(41)37-28-27-34(30-44(37)51)52(43-24-12-26-46-50(43)38-19-7-9-25-45(38)53-46)42-23-11-21-40-48(42)39-20-10-14-32-29-31-13-4-5-17-35(31)49(40)47(32)39/h1-30H. The van der Waals surface area contributed by atoms with Gasteiger partial charge in [0.25, 0.3) is 0 Å². The van der Waals surface area contributed by atoms with Crippen LogP contribution in [0, 0.1) is 0 Å². The van der Waals surface area contributed by atoms with E-state index in [9.17, 15) is 0 Å². The molecule has 1 aliphatic rings. The van der Waals surface area contributed by atoms with Gasteiger partial charge in [-0.25, -0.2) is 0 Å². The summed E-state index contributed by atoms with van der Waals surface area (Å²) in [5, 5.41) is 9.80. The largest absolute Gasteiger partial charge is 0.456 e. The molecule has 3 nitrogen and oxygen atoms in total. The van der Waals surface area contributed by atoms with E-state index in [0.29, 0.717) is 0 Å². The van der Waals surface area contributed by atoms with E-state index in [4.69, 9.17) is 4.42 Å². The number of nitrogens with zero attached hydrogens (tertiary/aromatic N) is 2. The van der Waals surface area contributed by atoms with E-state index < -0.39 is 0 Å². The second-order valence-electron chi connectivity index (χ2n) is 14.0. The average Bonchev–Trinajstić information content (AvgIpc) is 3.88. The minimum Gasteiger partial charge on any atom is -0.456 e. The quantitative estimate of drug-likeness (QED) is 0.173. The molecule has 0 saturated carbocycles. The van der Waals surface area contributed by atoms with Gasteiger partial charge in [0, 0.05) is 33.1 Å². The molecule has 0 radical (unpaired) electrons. The summed E-state index contributed by atoms with van der Waals surface area (Å²) in [4.78, 5) is 2.47. The van der Waals surface area contributed by atoms with Crippen molar-refractivity contribution in [2.45, 2.75) is 0 Å². The topological polar surface area (TPSA) is 21.3 Å². The smallest absolute Gasteiger partial charge is 0.137 e. The summed E-state index contributed by atoms with van der Waals surface area (Å²) in [5.41, 5.74) is 13.6. The predicted molar refractivity (Wildman–Crippen MR) is 222 cm³/mol. The molecule has 12 rings (SSSR count). The van der Waals surface area contributed by atoms with Gasteiger partial charge in [-0.2, -0.15) is 0 Å². The molecule has 0 saturated heterocycles. The van der Waals surface area contributed by atoms with E-state index in [-0.39, 0.29) is 0 Å². The van der Waals surface area contributed by atoms with Gasteiger partial charge in [0.15, 0.2) is 0 Å². The van der Waals surface area contributed by atoms with Gasteiger partial charge in [-0.15, -0.1) is 0 Å². The Morgan fingerprint density at radius 1 is 0.396 bits per heavy atom. The Labute approximate surface area is 305 Å². The maximum atomic E-state index is 6.51. The average molecular weight is 675 g/mol. The van der Waals surface area contributed by atoms with Crippen LogP contribution in [0.4, 0.5) is 17.1 Å². The second kappa shape index (κ2) is 10.7. The van der Waals surface area contributed by atoms with Crippen LogP contribution in [-0.4, -0.2) is 4.57 Å². The third-order valence-electron chi connectivity index (χ3n) is 11.3. The highest BCUT2D eigenvalue weighted by Crippen LogP contribution is 2.56. The molecule has 11 aromatic rings. The molecule has 0 amide bonds. The molecule has 246 valence electrons. The van der Waals surface area contributed by atoms with E-state index in [1.54, 1.807) is 0 Å². The molecule has 0 N–H and O–H groups in total. The number of aromatic nitrogens is 1. The Hall–Kier alpha value is -7.10. The first-order chi connectivity index (χ1) is 26.3. The van der Waals surface area contributed by atoms with Gasteiger partial charge in [-0.1, -0.05) is 121 Å². The van der Waals surface area contributed by atoms with Crippen LogP contribution in [0.2, 0.25) is 0 Å². The molecule has 53 heavy (non-hydrogen) atoms. The predicted octanol–water partition coefficient (Wildman–Crippen LogP) is 14.1. The van der Waals surface area contributed by atoms with Crippen LogP contribution < -0.4 is 4.90 Å². The van der Waals surface area contributed by atoms with Crippen LogP contribution in [0.25, 0.3) is 93.2 Å². The number of para-hydroxylation sites is 3. The van der Waals surface area contributed by atoms with E-state index in [1.807, 2.05) is 6.07 Å². The molecular weight excluding hydrogens is 645 g/mol. The fraction of sp³-hybridized carbons (Fsp3) is 0. The third kappa shape index (κ3) is 3.94. The molecule has 0 bridgehead atoms. The Morgan fingerprint density at radius 2 is 1.08 bits per heavy atom. The Kier molecular flexibility index (Phi) is 5.77. The summed E-state index contributed by atoms with van der Waals surface area (Å²) in [5.74, 6) is 0. The number of benzene rings is 9. The molecule has 2 heterocycles. The number of hydrogen-bond donors (Lipinski definition) is 0. The lowest BCUT2D eigenvalue weighted by Crippen LogP contribution is -2.12. The Balaban J connectivity index is 1.21. The van der Waals surface area contributed by atoms with Crippen LogP contribution in [0.1, 0.15) is 0 Å². The first kappa shape index (κ1) is 28.6. The van der Waals surface area contributed by atoms with Crippen molar-refractivity contribution in [2.75, 3.05) is 4.90 Å². The van der Waals surface area contributed by atoms with Crippen LogP contribution in [0.3, 0.4) is 0 Å². The molecule has 0 unspecified atom stereocenters. The second-order valence-corrected chi connectivity index (χ2v) is 14.0. The normalized spacial score (nSPS) is 12.2. The van der Waals surface area contributed by atoms with Crippen molar-refractivity contribution < 1.29 is 4.42 Å². The number of rotatable bonds is 4. The van der Waals surface area contributed by atoms with Gasteiger partial charge in [-0.05, 0) is 98.9 Å². The van der Waals surface area contributed by atoms with Gasteiger partial charge in [-0.3, -0.25) is 0 Å². The highest BCUT2D eigenvalue weighted by molar-refractivity contribution is 6.26. The summed E-state index contributed by atoms with van der Waals surface area (Å²) < 4.78 is 8.91. The lowest BCUT2D eigenvalue weighted by atomic mass is 9.96. The molecule has 9 aromatic carbocycles. The summed E-state index contributed by atoms with van der Waals surface area (Å²) in [6.07, 6.45) is 0. The summed E-state index contributed by atoms with van der Waals surface area (Å²) in [6, 6.07) is 66.0. The lowest BCUT2D eigenvalue weighted by molar-refractivity contribution is 0.669.